The number of benzene rings is 1. The molecular weight excluding hydrogens is 256 g/mol. The number of halogens is 1. The van der Waals surface area contributed by atoms with E-state index in [1.807, 2.05) is 30.3 Å². The number of Topliss-reactive ketones (excluding diaryl/α,β-unsaturated/α-hetero) is 1. The maximum absolute atomic E-state index is 11.7. The Morgan fingerprint density at radius 2 is 1.87 bits per heavy atom. The van der Waals surface area contributed by atoms with Crippen LogP contribution in [-0.2, 0) is 6.42 Å². The summed E-state index contributed by atoms with van der Waals surface area (Å²) in [5, 5.41) is 0. The molecule has 3 heteroatoms. The van der Waals surface area contributed by atoms with Crippen LogP contribution in [0, 0.1) is 0 Å². The van der Waals surface area contributed by atoms with Gasteiger partial charge in [0.1, 0.15) is 0 Å². The van der Waals surface area contributed by atoms with Crippen molar-refractivity contribution in [1.29, 1.82) is 0 Å². The fourth-order valence-electron chi connectivity index (χ4n) is 1.33. The van der Waals surface area contributed by atoms with Crippen molar-refractivity contribution in [2.45, 2.75) is 6.42 Å². The molecule has 2 rings (SSSR count). The van der Waals surface area contributed by atoms with Crippen LogP contribution in [0.1, 0.15) is 16.1 Å². The highest BCUT2D eigenvalue weighted by Gasteiger charge is 2.10. The van der Waals surface area contributed by atoms with Crippen LogP contribution in [0.3, 0.4) is 0 Å². The van der Waals surface area contributed by atoms with E-state index < -0.39 is 0 Å². The molecule has 76 valence electrons. The van der Waals surface area contributed by atoms with Crippen molar-refractivity contribution in [3.63, 3.8) is 0 Å². The molecule has 1 aromatic carbocycles. The first-order valence-electron chi connectivity index (χ1n) is 4.58. The Morgan fingerprint density at radius 3 is 2.47 bits per heavy atom. The van der Waals surface area contributed by atoms with Gasteiger partial charge in [0, 0.05) is 6.42 Å². The van der Waals surface area contributed by atoms with Crippen LogP contribution < -0.4 is 0 Å². The van der Waals surface area contributed by atoms with E-state index in [0.29, 0.717) is 16.9 Å². The molecule has 0 bridgehead atoms. The molecule has 0 fully saturated rings. The van der Waals surface area contributed by atoms with Gasteiger partial charge in [-0.1, -0.05) is 30.3 Å². The molecule has 0 spiro atoms. The summed E-state index contributed by atoms with van der Waals surface area (Å²) in [6.07, 6.45) is 0.376. The molecule has 0 N–H and O–H groups in total. The van der Waals surface area contributed by atoms with Crippen molar-refractivity contribution < 1.29 is 9.21 Å². The third-order valence-electron chi connectivity index (χ3n) is 2.06. The molecule has 0 atom stereocenters. The van der Waals surface area contributed by atoms with Gasteiger partial charge in [0.2, 0.25) is 5.78 Å². The first-order chi connectivity index (χ1) is 7.25. The maximum atomic E-state index is 11.7. The second kappa shape index (κ2) is 4.45. The van der Waals surface area contributed by atoms with Gasteiger partial charge in [-0.15, -0.1) is 0 Å². The molecule has 15 heavy (non-hydrogen) atoms. The molecule has 1 aromatic heterocycles. The Labute approximate surface area is 96.0 Å². The Morgan fingerprint density at radius 1 is 1.13 bits per heavy atom. The second-order valence-electron chi connectivity index (χ2n) is 3.19. The molecule has 2 nitrogen and oxygen atoms in total. The first kappa shape index (κ1) is 10.2. The number of rotatable bonds is 3. The van der Waals surface area contributed by atoms with Crippen molar-refractivity contribution in [2.75, 3.05) is 0 Å². The predicted molar refractivity (Wildman–Crippen MR) is 60.9 cm³/mol. The van der Waals surface area contributed by atoms with Crippen molar-refractivity contribution in [3.05, 3.63) is 58.5 Å². The first-order valence-corrected chi connectivity index (χ1v) is 5.37. The largest absolute Gasteiger partial charge is 0.446 e. The molecule has 0 aliphatic carbocycles. The number of hydrogen-bond acceptors (Lipinski definition) is 2. The van der Waals surface area contributed by atoms with E-state index in [2.05, 4.69) is 15.9 Å². The molecular formula is C12H9BrO2. The zero-order valence-corrected chi connectivity index (χ0v) is 9.53. The van der Waals surface area contributed by atoms with Gasteiger partial charge in [-0.2, -0.15) is 0 Å². The Kier molecular flexibility index (Phi) is 3.02. The van der Waals surface area contributed by atoms with Crippen molar-refractivity contribution in [3.8, 4) is 0 Å². The van der Waals surface area contributed by atoms with Crippen molar-refractivity contribution >= 4 is 21.7 Å². The molecule has 0 saturated heterocycles. The average Bonchev–Trinajstić information content (AvgIpc) is 2.66. The maximum Gasteiger partial charge on any atom is 0.202 e. The summed E-state index contributed by atoms with van der Waals surface area (Å²) in [5.74, 6) is 0.387. The van der Waals surface area contributed by atoms with Crippen LogP contribution in [0.15, 0.2) is 51.6 Å². The summed E-state index contributed by atoms with van der Waals surface area (Å²) in [5.41, 5.74) is 0.995. The average molecular weight is 265 g/mol. The van der Waals surface area contributed by atoms with E-state index in [4.69, 9.17) is 4.42 Å². The number of ketones is 1. The SMILES string of the molecule is O=C(Cc1ccccc1)c1ccc(Br)o1. The van der Waals surface area contributed by atoms with Gasteiger partial charge in [0.15, 0.2) is 10.4 Å². The minimum Gasteiger partial charge on any atom is -0.446 e. The normalized spacial score (nSPS) is 10.2. The van der Waals surface area contributed by atoms with Gasteiger partial charge >= 0.3 is 0 Å². The Hall–Kier alpha value is -1.35. The van der Waals surface area contributed by atoms with Crippen LogP contribution in [-0.4, -0.2) is 5.78 Å². The zero-order chi connectivity index (χ0) is 10.7. The number of carbonyl (C=O) groups is 1. The minimum atomic E-state index is -0.00750. The lowest BCUT2D eigenvalue weighted by Crippen LogP contribution is -2.01. The molecule has 0 aliphatic rings. The van der Waals surface area contributed by atoms with E-state index in [1.54, 1.807) is 12.1 Å². The molecule has 2 aromatic rings. The third kappa shape index (κ3) is 2.57. The molecule has 0 amide bonds. The minimum absolute atomic E-state index is 0.00750. The summed E-state index contributed by atoms with van der Waals surface area (Å²) in [6, 6.07) is 13.0. The fourth-order valence-corrected chi connectivity index (χ4v) is 1.64. The lowest BCUT2D eigenvalue weighted by atomic mass is 10.1. The van der Waals surface area contributed by atoms with Crippen molar-refractivity contribution in [2.24, 2.45) is 0 Å². The standard InChI is InChI=1S/C12H9BrO2/c13-12-7-6-11(15-12)10(14)8-9-4-2-1-3-5-9/h1-7H,8H2. The van der Waals surface area contributed by atoms with Gasteiger partial charge in [-0.05, 0) is 33.6 Å². The van der Waals surface area contributed by atoms with Gasteiger partial charge in [0.25, 0.3) is 0 Å². The van der Waals surface area contributed by atoms with Crippen LogP contribution in [0.4, 0.5) is 0 Å². The summed E-state index contributed by atoms with van der Waals surface area (Å²) in [6.45, 7) is 0. The molecule has 1 heterocycles. The highest BCUT2D eigenvalue weighted by molar-refractivity contribution is 9.10. The van der Waals surface area contributed by atoms with E-state index in [0.717, 1.165) is 5.56 Å². The smallest absolute Gasteiger partial charge is 0.202 e. The quantitative estimate of drug-likeness (QED) is 0.795. The van der Waals surface area contributed by atoms with E-state index in [-0.39, 0.29) is 5.78 Å². The molecule has 0 aliphatic heterocycles. The third-order valence-corrected chi connectivity index (χ3v) is 2.48. The van der Waals surface area contributed by atoms with Gasteiger partial charge in [0.05, 0.1) is 0 Å². The molecule has 0 radical (unpaired) electrons. The lowest BCUT2D eigenvalue weighted by molar-refractivity contribution is 0.0965. The van der Waals surface area contributed by atoms with Crippen LogP contribution in [0.5, 0.6) is 0 Å². The topological polar surface area (TPSA) is 30.2 Å². The predicted octanol–water partition coefficient (Wildman–Crippen LogP) is 3.47. The molecule has 0 unspecified atom stereocenters. The van der Waals surface area contributed by atoms with Crippen LogP contribution in [0.2, 0.25) is 0 Å². The lowest BCUT2D eigenvalue weighted by Gasteiger charge is -1.97. The van der Waals surface area contributed by atoms with Gasteiger partial charge < -0.3 is 4.42 Å². The summed E-state index contributed by atoms with van der Waals surface area (Å²) in [4.78, 5) is 11.7. The Bertz CT molecular complexity index is 459. The monoisotopic (exact) mass is 264 g/mol. The summed E-state index contributed by atoms with van der Waals surface area (Å²) >= 11 is 3.17. The van der Waals surface area contributed by atoms with E-state index in [9.17, 15) is 4.79 Å². The highest BCUT2D eigenvalue weighted by Crippen LogP contribution is 2.16. The van der Waals surface area contributed by atoms with Gasteiger partial charge in [-0.3, -0.25) is 4.79 Å². The van der Waals surface area contributed by atoms with Crippen LogP contribution >= 0.6 is 15.9 Å². The number of hydrogen-bond donors (Lipinski definition) is 0. The second-order valence-corrected chi connectivity index (χ2v) is 3.97. The van der Waals surface area contributed by atoms with Crippen LogP contribution in [0.25, 0.3) is 0 Å². The summed E-state index contributed by atoms with van der Waals surface area (Å²) < 4.78 is 5.77. The van der Waals surface area contributed by atoms with Crippen molar-refractivity contribution in [1.82, 2.24) is 0 Å². The summed E-state index contributed by atoms with van der Waals surface area (Å²) in [7, 11) is 0. The van der Waals surface area contributed by atoms with Gasteiger partial charge in [-0.25, -0.2) is 0 Å². The van der Waals surface area contributed by atoms with E-state index >= 15 is 0 Å². The highest BCUT2D eigenvalue weighted by atomic mass is 79.9. The zero-order valence-electron chi connectivity index (χ0n) is 7.94. The number of furan rings is 1. The fraction of sp³-hybridized carbons (Fsp3) is 0.0833. The number of carbonyl (C=O) groups excluding carboxylic acids is 1. The Balaban J connectivity index is 2.11. The molecule has 0 saturated carbocycles. The van der Waals surface area contributed by atoms with E-state index in [1.165, 1.54) is 0 Å².